The summed E-state index contributed by atoms with van der Waals surface area (Å²) >= 11 is 6.05. The number of benzene rings is 2. The van der Waals surface area contributed by atoms with E-state index in [2.05, 4.69) is 46.7 Å². The molecule has 5 nitrogen and oxygen atoms in total. The number of hydrogen-bond donors (Lipinski definition) is 2. The number of piperidine rings is 1. The molecule has 0 radical (unpaired) electrons. The SMILES string of the molecule is CCNC(=NCc1ccccc1-c1ccc(Cl)cc1)N1CCC(CC(=O)NC)CC1.I. The minimum atomic E-state index is 0. The molecular weight excluding hydrogens is 523 g/mol. The minimum Gasteiger partial charge on any atom is -0.359 e. The normalized spacial score (nSPS) is 14.7. The second kappa shape index (κ2) is 12.9. The van der Waals surface area contributed by atoms with Gasteiger partial charge in [0.1, 0.15) is 0 Å². The number of aliphatic imine (C=N–C) groups is 1. The van der Waals surface area contributed by atoms with Crippen LogP contribution in [-0.4, -0.2) is 43.4 Å². The lowest BCUT2D eigenvalue weighted by Crippen LogP contribution is -2.46. The van der Waals surface area contributed by atoms with Crippen LogP contribution in [0.2, 0.25) is 5.02 Å². The molecule has 0 aliphatic carbocycles. The summed E-state index contributed by atoms with van der Waals surface area (Å²) in [5.41, 5.74) is 3.51. The van der Waals surface area contributed by atoms with Crippen LogP contribution in [0.15, 0.2) is 53.5 Å². The molecular formula is C24H32ClIN4O. The van der Waals surface area contributed by atoms with Gasteiger partial charge in [0, 0.05) is 38.1 Å². The lowest BCUT2D eigenvalue weighted by molar-refractivity contribution is -0.121. The number of guanidine groups is 1. The van der Waals surface area contributed by atoms with Crippen molar-refractivity contribution in [2.75, 3.05) is 26.7 Å². The van der Waals surface area contributed by atoms with Gasteiger partial charge < -0.3 is 15.5 Å². The van der Waals surface area contributed by atoms with Crippen LogP contribution in [0.1, 0.15) is 31.7 Å². The first-order chi connectivity index (χ1) is 14.6. The number of carbonyl (C=O) groups is 1. The van der Waals surface area contributed by atoms with Gasteiger partial charge >= 0.3 is 0 Å². The average Bonchev–Trinajstić information content (AvgIpc) is 2.78. The fourth-order valence-electron chi connectivity index (χ4n) is 3.87. The number of halogens is 2. The van der Waals surface area contributed by atoms with Gasteiger partial charge in [-0.05, 0) is 54.5 Å². The lowest BCUT2D eigenvalue weighted by Gasteiger charge is -2.34. The number of hydrogen-bond acceptors (Lipinski definition) is 2. The summed E-state index contributed by atoms with van der Waals surface area (Å²) in [5.74, 6) is 1.53. The van der Waals surface area contributed by atoms with Crippen molar-refractivity contribution in [3.63, 3.8) is 0 Å². The lowest BCUT2D eigenvalue weighted by atomic mass is 9.93. The van der Waals surface area contributed by atoms with Gasteiger partial charge in [0.25, 0.3) is 0 Å². The fraction of sp³-hybridized carbons (Fsp3) is 0.417. The van der Waals surface area contributed by atoms with Crippen molar-refractivity contribution < 1.29 is 4.79 Å². The molecule has 7 heteroatoms. The van der Waals surface area contributed by atoms with Gasteiger partial charge in [-0.2, -0.15) is 0 Å². The van der Waals surface area contributed by atoms with Gasteiger partial charge in [-0.1, -0.05) is 48.0 Å². The first-order valence-corrected chi connectivity index (χ1v) is 11.1. The quantitative estimate of drug-likeness (QED) is 0.302. The van der Waals surface area contributed by atoms with Gasteiger partial charge in [-0.3, -0.25) is 4.79 Å². The van der Waals surface area contributed by atoms with E-state index < -0.39 is 0 Å². The number of rotatable bonds is 6. The maximum absolute atomic E-state index is 11.7. The van der Waals surface area contributed by atoms with E-state index >= 15 is 0 Å². The Kier molecular flexibility index (Phi) is 10.6. The average molecular weight is 555 g/mol. The Morgan fingerprint density at radius 2 is 1.81 bits per heavy atom. The number of nitrogens with one attached hydrogen (secondary N) is 2. The molecule has 1 heterocycles. The molecule has 0 spiro atoms. The van der Waals surface area contributed by atoms with Gasteiger partial charge in [0.05, 0.1) is 6.54 Å². The first-order valence-electron chi connectivity index (χ1n) is 10.7. The van der Waals surface area contributed by atoms with E-state index in [9.17, 15) is 4.79 Å². The summed E-state index contributed by atoms with van der Waals surface area (Å²) < 4.78 is 0. The van der Waals surface area contributed by atoms with E-state index in [0.29, 0.717) is 18.9 Å². The number of carbonyl (C=O) groups excluding carboxylic acids is 1. The van der Waals surface area contributed by atoms with Crippen LogP contribution in [0.3, 0.4) is 0 Å². The summed E-state index contributed by atoms with van der Waals surface area (Å²) in [5, 5.41) is 6.91. The molecule has 3 rings (SSSR count). The van der Waals surface area contributed by atoms with E-state index in [0.717, 1.165) is 49.0 Å². The third kappa shape index (κ3) is 7.38. The van der Waals surface area contributed by atoms with Crippen molar-refractivity contribution in [2.45, 2.75) is 32.7 Å². The van der Waals surface area contributed by atoms with Crippen LogP contribution in [0.25, 0.3) is 11.1 Å². The molecule has 31 heavy (non-hydrogen) atoms. The monoisotopic (exact) mass is 554 g/mol. The van der Waals surface area contributed by atoms with E-state index in [-0.39, 0.29) is 29.9 Å². The molecule has 1 amide bonds. The largest absolute Gasteiger partial charge is 0.359 e. The Morgan fingerprint density at radius 1 is 1.13 bits per heavy atom. The third-order valence-corrected chi connectivity index (χ3v) is 5.83. The Labute approximate surface area is 207 Å². The van der Waals surface area contributed by atoms with E-state index in [1.54, 1.807) is 7.05 Å². The predicted molar refractivity (Wildman–Crippen MR) is 140 cm³/mol. The van der Waals surface area contributed by atoms with Crippen molar-refractivity contribution >= 4 is 47.4 Å². The molecule has 0 unspecified atom stereocenters. The van der Waals surface area contributed by atoms with Crippen molar-refractivity contribution in [3.05, 3.63) is 59.1 Å². The first kappa shape index (κ1) is 25.5. The maximum Gasteiger partial charge on any atom is 0.220 e. The highest BCUT2D eigenvalue weighted by molar-refractivity contribution is 14.0. The van der Waals surface area contributed by atoms with E-state index in [1.807, 2.05) is 24.3 Å². The van der Waals surface area contributed by atoms with Crippen molar-refractivity contribution in [3.8, 4) is 11.1 Å². The number of likely N-dealkylation sites (tertiary alicyclic amines) is 1. The second-order valence-corrected chi connectivity index (χ2v) is 8.08. The van der Waals surface area contributed by atoms with Crippen LogP contribution in [-0.2, 0) is 11.3 Å². The maximum atomic E-state index is 11.7. The molecule has 1 aliphatic heterocycles. The molecule has 2 aromatic rings. The molecule has 0 aromatic heterocycles. The topological polar surface area (TPSA) is 56.7 Å². The molecule has 0 saturated carbocycles. The number of amides is 1. The summed E-state index contributed by atoms with van der Waals surface area (Å²) in [6, 6.07) is 16.3. The molecule has 0 atom stereocenters. The van der Waals surface area contributed by atoms with E-state index in [1.165, 1.54) is 11.1 Å². The van der Waals surface area contributed by atoms with Crippen LogP contribution in [0, 0.1) is 5.92 Å². The van der Waals surface area contributed by atoms with Crippen LogP contribution < -0.4 is 10.6 Å². The molecule has 168 valence electrons. The Morgan fingerprint density at radius 3 is 2.45 bits per heavy atom. The molecule has 0 bridgehead atoms. The third-order valence-electron chi connectivity index (χ3n) is 5.57. The Balaban J connectivity index is 0.00000341. The van der Waals surface area contributed by atoms with Crippen molar-refractivity contribution in [1.29, 1.82) is 0 Å². The Bertz CT molecular complexity index is 864. The summed E-state index contributed by atoms with van der Waals surface area (Å²) in [6.07, 6.45) is 2.64. The summed E-state index contributed by atoms with van der Waals surface area (Å²) in [4.78, 5) is 18.9. The van der Waals surface area contributed by atoms with Crippen LogP contribution in [0.5, 0.6) is 0 Å². The van der Waals surface area contributed by atoms with Crippen molar-refractivity contribution in [1.82, 2.24) is 15.5 Å². The van der Waals surface area contributed by atoms with Crippen molar-refractivity contribution in [2.24, 2.45) is 10.9 Å². The number of nitrogens with zero attached hydrogens (tertiary/aromatic N) is 2. The van der Waals surface area contributed by atoms with Gasteiger partial charge in [-0.15, -0.1) is 24.0 Å². The van der Waals surface area contributed by atoms with Gasteiger partial charge in [-0.25, -0.2) is 4.99 Å². The van der Waals surface area contributed by atoms with Crippen LogP contribution in [0.4, 0.5) is 0 Å². The second-order valence-electron chi connectivity index (χ2n) is 7.64. The molecule has 1 saturated heterocycles. The minimum absolute atomic E-state index is 0. The molecule has 2 aromatic carbocycles. The summed E-state index contributed by atoms with van der Waals surface area (Å²) in [6.45, 7) is 5.38. The summed E-state index contributed by atoms with van der Waals surface area (Å²) in [7, 11) is 1.70. The highest BCUT2D eigenvalue weighted by Crippen LogP contribution is 2.26. The molecule has 2 N–H and O–H groups in total. The zero-order valence-electron chi connectivity index (χ0n) is 18.2. The smallest absolute Gasteiger partial charge is 0.220 e. The molecule has 1 fully saturated rings. The van der Waals surface area contributed by atoms with Gasteiger partial charge in [0.15, 0.2) is 5.96 Å². The Hall–Kier alpha value is -1.80. The standard InChI is InChI=1S/C24H31ClN4O.HI/c1-3-27-24(29-14-12-18(13-15-29)16-23(30)26-2)28-17-20-6-4-5-7-22(20)19-8-10-21(25)11-9-19;/h4-11,18H,3,12-17H2,1-2H3,(H,26,30)(H,27,28);1H. The molecule has 1 aliphatic rings. The zero-order valence-corrected chi connectivity index (χ0v) is 21.3. The van der Waals surface area contributed by atoms with E-state index in [4.69, 9.17) is 16.6 Å². The highest BCUT2D eigenvalue weighted by atomic mass is 127. The predicted octanol–water partition coefficient (Wildman–Crippen LogP) is 4.94. The van der Waals surface area contributed by atoms with Gasteiger partial charge in [0.2, 0.25) is 5.91 Å². The fourth-order valence-corrected chi connectivity index (χ4v) is 3.99. The van der Waals surface area contributed by atoms with Crippen LogP contribution >= 0.6 is 35.6 Å². The zero-order chi connectivity index (χ0) is 21.3. The highest BCUT2D eigenvalue weighted by Gasteiger charge is 2.23.